The van der Waals surface area contributed by atoms with E-state index in [1.807, 2.05) is 0 Å². The number of piperidine rings is 1. The van der Waals surface area contributed by atoms with Gasteiger partial charge >= 0.3 is 0 Å². The Hall–Kier alpha value is -0.830. The molecule has 3 heteroatoms. The first-order valence-corrected chi connectivity index (χ1v) is 6.61. The maximum Gasteiger partial charge on any atom is 0.125 e. The Balaban J connectivity index is 1.81. The van der Waals surface area contributed by atoms with Gasteiger partial charge in [-0.1, -0.05) is 12.8 Å². The minimum absolute atomic E-state index is 0.493. The van der Waals surface area contributed by atoms with E-state index >= 15 is 0 Å². The molecular weight excluding hydrogens is 198 g/mol. The summed E-state index contributed by atoms with van der Waals surface area (Å²) in [5, 5.41) is 3.58. The van der Waals surface area contributed by atoms with E-state index in [4.69, 9.17) is 0 Å². The van der Waals surface area contributed by atoms with Crippen LogP contribution in [0, 0.1) is 0 Å². The van der Waals surface area contributed by atoms with Gasteiger partial charge in [0.05, 0.1) is 6.04 Å². The lowest BCUT2D eigenvalue weighted by Gasteiger charge is -2.27. The molecule has 1 unspecified atom stereocenters. The number of hydrogen-bond acceptors (Lipinski definition) is 2. The fraction of sp³-hybridized carbons (Fsp3) is 0.769. The van der Waals surface area contributed by atoms with E-state index in [-0.39, 0.29) is 0 Å². The highest BCUT2D eigenvalue weighted by atomic mass is 15.1. The smallest absolute Gasteiger partial charge is 0.125 e. The predicted octanol–water partition coefficient (Wildman–Crippen LogP) is 2.50. The normalized spacial score (nSPS) is 26.7. The number of nitrogens with one attached hydrogen (secondary N) is 1. The number of nitrogens with zero attached hydrogens (tertiary/aromatic N) is 2. The van der Waals surface area contributed by atoms with Crippen LogP contribution >= 0.6 is 0 Å². The van der Waals surface area contributed by atoms with Crippen LogP contribution in [0.3, 0.4) is 0 Å². The van der Waals surface area contributed by atoms with E-state index in [0.29, 0.717) is 6.04 Å². The zero-order valence-electron chi connectivity index (χ0n) is 10.1. The molecule has 0 bridgehead atoms. The predicted molar refractivity (Wildman–Crippen MR) is 64.4 cm³/mol. The van der Waals surface area contributed by atoms with Crippen molar-refractivity contribution in [3.8, 4) is 0 Å². The monoisotopic (exact) mass is 219 g/mol. The van der Waals surface area contributed by atoms with Crippen molar-refractivity contribution in [3.05, 3.63) is 17.7 Å². The van der Waals surface area contributed by atoms with Gasteiger partial charge < -0.3 is 9.88 Å². The van der Waals surface area contributed by atoms with E-state index in [2.05, 4.69) is 28.1 Å². The summed E-state index contributed by atoms with van der Waals surface area (Å²) in [6, 6.07) is 0.493. The first-order valence-electron chi connectivity index (χ1n) is 6.61. The summed E-state index contributed by atoms with van der Waals surface area (Å²) in [4.78, 5) is 4.64. The lowest BCUT2D eigenvalue weighted by Crippen LogP contribution is -2.29. The third-order valence-corrected chi connectivity index (χ3v) is 4.21. The standard InChI is InChI=1S/C13H21N3/c1-16-12(10-5-4-6-10)9-15-13(16)11-7-2-3-8-14-11/h9-11,14H,2-8H2,1H3. The molecule has 1 aliphatic heterocycles. The van der Waals surface area contributed by atoms with Gasteiger partial charge in [-0.2, -0.15) is 0 Å². The van der Waals surface area contributed by atoms with Gasteiger partial charge in [0.25, 0.3) is 0 Å². The molecule has 3 nitrogen and oxygen atoms in total. The maximum atomic E-state index is 4.64. The molecule has 2 aliphatic rings. The van der Waals surface area contributed by atoms with Crippen molar-refractivity contribution in [1.29, 1.82) is 0 Å². The van der Waals surface area contributed by atoms with Crippen LogP contribution in [0.1, 0.15) is 62.0 Å². The van der Waals surface area contributed by atoms with E-state index in [9.17, 15) is 0 Å². The molecule has 1 atom stereocenters. The van der Waals surface area contributed by atoms with Crippen molar-refractivity contribution in [2.75, 3.05) is 6.54 Å². The highest BCUT2D eigenvalue weighted by Gasteiger charge is 2.26. The highest BCUT2D eigenvalue weighted by molar-refractivity contribution is 5.15. The lowest BCUT2D eigenvalue weighted by molar-refractivity contribution is 0.376. The number of aromatic nitrogens is 2. The number of rotatable bonds is 2. The minimum atomic E-state index is 0.493. The second-order valence-corrected chi connectivity index (χ2v) is 5.23. The van der Waals surface area contributed by atoms with Gasteiger partial charge in [-0.05, 0) is 32.2 Å². The summed E-state index contributed by atoms with van der Waals surface area (Å²) < 4.78 is 2.34. The summed E-state index contributed by atoms with van der Waals surface area (Å²) >= 11 is 0. The molecule has 16 heavy (non-hydrogen) atoms. The van der Waals surface area contributed by atoms with Gasteiger partial charge in [-0.3, -0.25) is 0 Å². The van der Waals surface area contributed by atoms with Crippen LogP contribution in [-0.2, 0) is 7.05 Å². The van der Waals surface area contributed by atoms with Gasteiger partial charge in [-0.25, -0.2) is 4.98 Å². The zero-order valence-corrected chi connectivity index (χ0v) is 10.1. The second kappa shape index (κ2) is 4.21. The van der Waals surface area contributed by atoms with Crippen LogP contribution in [0.4, 0.5) is 0 Å². The van der Waals surface area contributed by atoms with E-state index in [0.717, 1.165) is 12.5 Å². The Labute approximate surface area is 97.3 Å². The Morgan fingerprint density at radius 2 is 2.12 bits per heavy atom. The average molecular weight is 219 g/mol. The van der Waals surface area contributed by atoms with Crippen molar-refractivity contribution >= 4 is 0 Å². The zero-order chi connectivity index (χ0) is 11.0. The molecule has 0 aromatic carbocycles. The summed E-state index contributed by atoms with van der Waals surface area (Å²) in [6.07, 6.45) is 10.1. The fourth-order valence-corrected chi connectivity index (χ4v) is 2.92. The SMILES string of the molecule is Cn1c(C2CCC2)cnc1C1CCCCN1. The van der Waals surface area contributed by atoms with Crippen molar-refractivity contribution in [2.45, 2.75) is 50.5 Å². The highest BCUT2D eigenvalue weighted by Crippen LogP contribution is 2.37. The fourth-order valence-electron chi connectivity index (χ4n) is 2.92. The third-order valence-electron chi connectivity index (χ3n) is 4.21. The van der Waals surface area contributed by atoms with Gasteiger partial charge in [0.2, 0.25) is 0 Å². The molecule has 2 heterocycles. The molecule has 0 radical (unpaired) electrons. The van der Waals surface area contributed by atoms with Crippen molar-refractivity contribution < 1.29 is 0 Å². The second-order valence-electron chi connectivity index (χ2n) is 5.23. The minimum Gasteiger partial charge on any atom is -0.334 e. The molecule has 1 aromatic rings. The van der Waals surface area contributed by atoms with Gasteiger partial charge in [0.1, 0.15) is 5.82 Å². The molecule has 1 saturated heterocycles. The van der Waals surface area contributed by atoms with E-state index < -0.39 is 0 Å². The quantitative estimate of drug-likeness (QED) is 0.828. The number of hydrogen-bond donors (Lipinski definition) is 1. The van der Waals surface area contributed by atoms with Crippen LogP contribution in [0.15, 0.2) is 6.20 Å². The largest absolute Gasteiger partial charge is 0.334 e. The van der Waals surface area contributed by atoms with Crippen LogP contribution in [-0.4, -0.2) is 16.1 Å². The molecule has 1 aliphatic carbocycles. The Morgan fingerprint density at radius 1 is 1.25 bits per heavy atom. The van der Waals surface area contributed by atoms with Gasteiger partial charge in [0.15, 0.2) is 0 Å². The molecular formula is C13H21N3. The summed E-state index contributed by atoms with van der Waals surface area (Å²) in [6.45, 7) is 1.15. The molecule has 88 valence electrons. The van der Waals surface area contributed by atoms with E-state index in [1.54, 1.807) is 0 Å². The van der Waals surface area contributed by atoms with Crippen molar-refractivity contribution in [1.82, 2.24) is 14.9 Å². The van der Waals surface area contributed by atoms with Crippen molar-refractivity contribution in [2.24, 2.45) is 7.05 Å². The lowest BCUT2D eigenvalue weighted by atomic mass is 9.83. The first kappa shape index (κ1) is 10.3. The Bertz CT molecular complexity index is 359. The van der Waals surface area contributed by atoms with E-state index in [1.165, 1.54) is 50.0 Å². The first-order chi connectivity index (χ1) is 7.86. The van der Waals surface area contributed by atoms with Crippen molar-refractivity contribution in [3.63, 3.8) is 0 Å². The summed E-state index contributed by atoms with van der Waals surface area (Å²) in [7, 11) is 2.19. The van der Waals surface area contributed by atoms with Gasteiger partial charge in [0, 0.05) is 24.9 Å². The molecule has 1 saturated carbocycles. The Kier molecular flexibility index (Phi) is 2.72. The Morgan fingerprint density at radius 3 is 2.75 bits per heavy atom. The average Bonchev–Trinajstić information content (AvgIpc) is 2.60. The van der Waals surface area contributed by atoms with Crippen LogP contribution in [0.25, 0.3) is 0 Å². The molecule has 1 N–H and O–H groups in total. The summed E-state index contributed by atoms with van der Waals surface area (Å²) in [5.74, 6) is 2.04. The topological polar surface area (TPSA) is 29.9 Å². The molecule has 1 aromatic heterocycles. The van der Waals surface area contributed by atoms with Crippen LogP contribution in [0.5, 0.6) is 0 Å². The van der Waals surface area contributed by atoms with Crippen LogP contribution in [0.2, 0.25) is 0 Å². The van der Waals surface area contributed by atoms with Gasteiger partial charge in [-0.15, -0.1) is 0 Å². The molecule has 0 spiro atoms. The molecule has 2 fully saturated rings. The maximum absolute atomic E-state index is 4.64. The molecule has 3 rings (SSSR count). The number of imidazole rings is 1. The summed E-state index contributed by atoms with van der Waals surface area (Å²) in [5.41, 5.74) is 1.45. The van der Waals surface area contributed by atoms with Crippen LogP contribution < -0.4 is 5.32 Å². The third kappa shape index (κ3) is 1.67. The molecule has 0 amide bonds.